The number of amides is 1. The van der Waals surface area contributed by atoms with Gasteiger partial charge in [0.05, 0.1) is 31.3 Å². The number of carbonyl (C=O) groups excluding carboxylic acids is 1. The standard InChI is InChI=1S/C22H21ClN2O5S/c1-29-19-13-12-18(24-14-20(26)25-16-10-8-15(23)9-11-16)22(21(19)30-2)31(27,28)17-6-4-3-5-7-17/h3-13,24H,14H2,1-2H3,(H,25,26). The van der Waals surface area contributed by atoms with Crippen LogP contribution in [0.5, 0.6) is 11.5 Å². The van der Waals surface area contributed by atoms with Crippen LogP contribution in [0.1, 0.15) is 0 Å². The second kappa shape index (κ2) is 9.72. The van der Waals surface area contributed by atoms with Crippen LogP contribution in [0.25, 0.3) is 0 Å². The van der Waals surface area contributed by atoms with Crippen molar-refractivity contribution >= 4 is 38.7 Å². The summed E-state index contributed by atoms with van der Waals surface area (Å²) in [6.45, 7) is -0.171. The highest BCUT2D eigenvalue weighted by Crippen LogP contribution is 2.42. The average molecular weight is 461 g/mol. The van der Waals surface area contributed by atoms with E-state index >= 15 is 0 Å². The number of sulfone groups is 1. The zero-order chi connectivity index (χ0) is 22.4. The van der Waals surface area contributed by atoms with Crippen LogP contribution in [0.2, 0.25) is 5.02 Å². The molecule has 2 N–H and O–H groups in total. The van der Waals surface area contributed by atoms with Crippen molar-refractivity contribution in [2.75, 3.05) is 31.4 Å². The highest BCUT2D eigenvalue weighted by atomic mass is 35.5. The monoisotopic (exact) mass is 460 g/mol. The van der Waals surface area contributed by atoms with Crippen LogP contribution >= 0.6 is 11.6 Å². The molecule has 9 heteroatoms. The lowest BCUT2D eigenvalue weighted by Crippen LogP contribution is -2.22. The van der Waals surface area contributed by atoms with Crippen molar-refractivity contribution in [3.63, 3.8) is 0 Å². The topological polar surface area (TPSA) is 93.7 Å². The molecule has 3 rings (SSSR count). The summed E-state index contributed by atoms with van der Waals surface area (Å²) in [5.41, 5.74) is 0.786. The summed E-state index contributed by atoms with van der Waals surface area (Å²) in [5.74, 6) is -0.0530. The fourth-order valence-electron chi connectivity index (χ4n) is 2.94. The Morgan fingerprint density at radius 2 is 1.61 bits per heavy atom. The molecule has 0 aliphatic rings. The first kappa shape index (κ1) is 22.5. The van der Waals surface area contributed by atoms with E-state index in [1.165, 1.54) is 32.4 Å². The molecule has 0 fully saturated rings. The third-order valence-corrected chi connectivity index (χ3v) is 6.48. The smallest absolute Gasteiger partial charge is 0.243 e. The van der Waals surface area contributed by atoms with Crippen molar-refractivity contribution in [2.45, 2.75) is 9.79 Å². The fraction of sp³-hybridized carbons (Fsp3) is 0.136. The number of anilines is 2. The summed E-state index contributed by atoms with van der Waals surface area (Å²) in [6, 6.07) is 17.7. The van der Waals surface area contributed by atoms with Crippen LogP contribution in [0.15, 0.2) is 76.5 Å². The van der Waals surface area contributed by atoms with Gasteiger partial charge in [-0.3, -0.25) is 4.79 Å². The lowest BCUT2D eigenvalue weighted by molar-refractivity contribution is -0.114. The maximum atomic E-state index is 13.4. The molecule has 162 valence electrons. The number of nitrogens with one attached hydrogen (secondary N) is 2. The van der Waals surface area contributed by atoms with Crippen molar-refractivity contribution < 1.29 is 22.7 Å². The summed E-state index contributed by atoms with van der Waals surface area (Å²) in [6.07, 6.45) is 0. The second-order valence-electron chi connectivity index (χ2n) is 6.40. The Morgan fingerprint density at radius 3 is 2.23 bits per heavy atom. The zero-order valence-electron chi connectivity index (χ0n) is 16.9. The molecule has 0 aromatic heterocycles. The van der Waals surface area contributed by atoms with Crippen LogP contribution in [-0.4, -0.2) is 35.1 Å². The molecule has 1 amide bonds. The maximum Gasteiger partial charge on any atom is 0.243 e. The number of hydrogen-bond acceptors (Lipinski definition) is 6. The molecular weight excluding hydrogens is 440 g/mol. The van der Waals surface area contributed by atoms with E-state index in [9.17, 15) is 13.2 Å². The Hall–Kier alpha value is -3.23. The molecule has 0 atom stereocenters. The molecule has 31 heavy (non-hydrogen) atoms. The van der Waals surface area contributed by atoms with Crippen molar-refractivity contribution in [2.24, 2.45) is 0 Å². The SMILES string of the molecule is COc1ccc(NCC(=O)Nc2ccc(Cl)cc2)c(S(=O)(=O)c2ccccc2)c1OC. The minimum Gasteiger partial charge on any atom is -0.493 e. The van der Waals surface area contributed by atoms with Gasteiger partial charge in [0, 0.05) is 10.7 Å². The number of rotatable bonds is 8. The van der Waals surface area contributed by atoms with E-state index in [2.05, 4.69) is 10.6 Å². The van der Waals surface area contributed by atoms with Gasteiger partial charge in [-0.05, 0) is 48.5 Å². The molecule has 0 saturated heterocycles. The maximum absolute atomic E-state index is 13.4. The molecule has 3 aromatic rings. The lowest BCUT2D eigenvalue weighted by atomic mass is 10.2. The van der Waals surface area contributed by atoms with Gasteiger partial charge in [0.25, 0.3) is 0 Å². The first-order chi connectivity index (χ1) is 14.9. The van der Waals surface area contributed by atoms with Crippen LogP contribution in [0.4, 0.5) is 11.4 Å². The van der Waals surface area contributed by atoms with E-state index in [-0.39, 0.29) is 39.4 Å². The van der Waals surface area contributed by atoms with E-state index in [0.29, 0.717) is 10.7 Å². The molecular formula is C22H21ClN2O5S. The van der Waals surface area contributed by atoms with Crippen LogP contribution in [-0.2, 0) is 14.6 Å². The number of halogens is 1. The Bertz CT molecular complexity index is 1170. The summed E-state index contributed by atoms with van der Waals surface area (Å²) in [7, 11) is -1.19. The molecule has 0 aliphatic heterocycles. The molecule has 3 aromatic carbocycles. The van der Waals surface area contributed by atoms with Crippen molar-refractivity contribution in [1.82, 2.24) is 0 Å². The van der Waals surface area contributed by atoms with Gasteiger partial charge in [0.1, 0.15) is 4.90 Å². The third-order valence-electron chi connectivity index (χ3n) is 4.39. The van der Waals surface area contributed by atoms with Gasteiger partial charge in [-0.15, -0.1) is 0 Å². The number of methoxy groups -OCH3 is 2. The highest BCUT2D eigenvalue weighted by molar-refractivity contribution is 7.91. The van der Waals surface area contributed by atoms with E-state index in [4.69, 9.17) is 21.1 Å². The number of benzene rings is 3. The molecule has 7 nitrogen and oxygen atoms in total. The van der Waals surface area contributed by atoms with E-state index in [1.54, 1.807) is 48.5 Å². The van der Waals surface area contributed by atoms with Gasteiger partial charge < -0.3 is 20.1 Å². The van der Waals surface area contributed by atoms with Crippen molar-refractivity contribution in [1.29, 1.82) is 0 Å². The molecule has 0 aliphatic carbocycles. The van der Waals surface area contributed by atoms with Gasteiger partial charge in [-0.25, -0.2) is 8.42 Å². The molecule has 0 radical (unpaired) electrons. The van der Waals surface area contributed by atoms with Crippen LogP contribution in [0.3, 0.4) is 0 Å². The quantitative estimate of drug-likeness (QED) is 0.522. The van der Waals surface area contributed by atoms with E-state index in [1.807, 2.05) is 0 Å². The average Bonchev–Trinajstić information content (AvgIpc) is 2.79. The molecule has 0 unspecified atom stereocenters. The first-order valence-corrected chi connectivity index (χ1v) is 11.1. The normalized spacial score (nSPS) is 10.9. The largest absolute Gasteiger partial charge is 0.493 e. The van der Waals surface area contributed by atoms with Crippen LogP contribution < -0.4 is 20.1 Å². The summed E-state index contributed by atoms with van der Waals surface area (Å²) in [5, 5.41) is 6.16. The van der Waals surface area contributed by atoms with E-state index in [0.717, 1.165) is 0 Å². The summed E-state index contributed by atoms with van der Waals surface area (Å²) < 4.78 is 37.4. The summed E-state index contributed by atoms with van der Waals surface area (Å²) in [4.78, 5) is 12.3. The van der Waals surface area contributed by atoms with Crippen LogP contribution in [0, 0.1) is 0 Å². The predicted octanol–water partition coefficient (Wildman–Crippen LogP) is 4.24. The Balaban J connectivity index is 1.93. The lowest BCUT2D eigenvalue weighted by Gasteiger charge is -2.18. The van der Waals surface area contributed by atoms with Gasteiger partial charge in [0.2, 0.25) is 15.7 Å². The number of hydrogen-bond donors (Lipinski definition) is 2. The first-order valence-electron chi connectivity index (χ1n) is 9.21. The van der Waals surface area contributed by atoms with Gasteiger partial charge in [0.15, 0.2) is 11.5 Å². The van der Waals surface area contributed by atoms with Gasteiger partial charge >= 0.3 is 0 Å². The fourth-order valence-corrected chi connectivity index (χ4v) is 4.67. The zero-order valence-corrected chi connectivity index (χ0v) is 18.5. The second-order valence-corrected chi connectivity index (χ2v) is 8.73. The number of ether oxygens (including phenoxy) is 2. The van der Waals surface area contributed by atoms with E-state index < -0.39 is 9.84 Å². The van der Waals surface area contributed by atoms with Crippen molar-refractivity contribution in [3.8, 4) is 11.5 Å². The Morgan fingerprint density at radius 1 is 0.935 bits per heavy atom. The molecule has 0 heterocycles. The van der Waals surface area contributed by atoms with Gasteiger partial charge in [-0.2, -0.15) is 0 Å². The molecule has 0 spiro atoms. The minimum absolute atomic E-state index is 0.0504. The third kappa shape index (κ3) is 5.10. The Labute approximate surface area is 185 Å². The number of carbonyl (C=O) groups is 1. The highest BCUT2D eigenvalue weighted by Gasteiger charge is 2.28. The molecule has 0 saturated carbocycles. The van der Waals surface area contributed by atoms with Crippen molar-refractivity contribution in [3.05, 3.63) is 71.8 Å². The summed E-state index contributed by atoms with van der Waals surface area (Å²) >= 11 is 5.85. The molecule has 0 bridgehead atoms. The van der Waals surface area contributed by atoms with Gasteiger partial charge in [-0.1, -0.05) is 29.8 Å². The Kier molecular flexibility index (Phi) is 7.04. The predicted molar refractivity (Wildman–Crippen MR) is 120 cm³/mol. The minimum atomic E-state index is -3.97.